The molecular formula is C16H18BrN3O2. The predicted octanol–water partition coefficient (Wildman–Crippen LogP) is 3.09. The normalized spacial score (nSPS) is 18.5. The van der Waals surface area contributed by atoms with E-state index in [9.17, 15) is 4.79 Å². The van der Waals surface area contributed by atoms with E-state index >= 15 is 0 Å². The lowest BCUT2D eigenvalue weighted by Gasteiger charge is -2.31. The molecule has 116 valence electrons. The zero-order valence-electron chi connectivity index (χ0n) is 12.5. The van der Waals surface area contributed by atoms with Crippen molar-refractivity contribution >= 4 is 21.8 Å². The monoisotopic (exact) mass is 363 g/mol. The van der Waals surface area contributed by atoms with E-state index in [1.54, 1.807) is 0 Å². The number of aromatic nitrogens is 2. The Hall–Kier alpha value is -1.69. The maximum atomic E-state index is 12.5. The van der Waals surface area contributed by atoms with E-state index in [0.29, 0.717) is 24.7 Å². The third-order valence-corrected chi connectivity index (χ3v) is 4.46. The Bertz CT molecular complexity index is 654. The second-order valence-electron chi connectivity index (χ2n) is 5.66. The van der Waals surface area contributed by atoms with Crippen molar-refractivity contribution in [3.05, 3.63) is 46.0 Å². The van der Waals surface area contributed by atoms with Crippen LogP contribution in [0.1, 0.15) is 36.0 Å². The first-order valence-corrected chi connectivity index (χ1v) is 8.23. The number of aryl methyl sites for hydroxylation is 1. The first kappa shape index (κ1) is 15.2. The summed E-state index contributed by atoms with van der Waals surface area (Å²) >= 11 is 3.41. The van der Waals surface area contributed by atoms with Gasteiger partial charge in [0.05, 0.1) is 12.3 Å². The smallest absolute Gasteiger partial charge is 0.231 e. The van der Waals surface area contributed by atoms with Gasteiger partial charge in [0.15, 0.2) is 5.82 Å². The fraction of sp³-hybridized carbons (Fsp3) is 0.438. The van der Waals surface area contributed by atoms with Gasteiger partial charge in [0.2, 0.25) is 11.8 Å². The number of halogens is 1. The molecule has 1 fully saturated rings. The van der Waals surface area contributed by atoms with Crippen LogP contribution in [-0.4, -0.2) is 34.0 Å². The van der Waals surface area contributed by atoms with Gasteiger partial charge in [-0.2, -0.15) is 4.98 Å². The van der Waals surface area contributed by atoms with Crippen molar-refractivity contribution in [1.82, 2.24) is 15.0 Å². The summed E-state index contributed by atoms with van der Waals surface area (Å²) in [6.45, 7) is 3.28. The SMILES string of the molecule is Cc1noc(C2CCCN(C(=O)Cc3ccc(Br)cc3)C2)n1. The summed E-state index contributed by atoms with van der Waals surface area (Å²) in [5.41, 5.74) is 1.03. The second kappa shape index (κ2) is 6.60. The van der Waals surface area contributed by atoms with Crippen molar-refractivity contribution in [3.8, 4) is 0 Å². The molecule has 0 aliphatic carbocycles. The maximum Gasteiger partial charge on any atom is 0.231 e. The van der Waals surface area contributed by atoms with Gasteiger partial charge >= 0.3 is 0 Å². The van der Waals surface area contributed by atoms with Gasteiger partial charge in [0.1, 0.15) is 0 Å². The molecule has 1 aromatic carbocycles. The van der Waals surface area contributed by atoms with Crippen molar-refractivity contribution in [1.29, 1.82) is 0 Å². The van der Waals surface area contributed by atoms with E-state index in [0.717, 1.165) is 29.4 Å². The molecule has 1 aliphatic rings. The fourth-order valence-corrected chi connectivity index (χ4v) is 3.04. The number of amides is 1. The van der Waals surface area contributed by atoms with Crippen LogP contribution in [0.15, 0.2) is 33.3 Å². The quantitative estimate of drug-likeness (QED) is 0.840. The average molecular weight is 364 g/mol. The van der Waals surface area contributed by atoms with E-state index in [4.69, 9.17) is 4.52 Å². The van der Waals surface area contributed by atoms with Crippen LogP contribution in [0.5, 0.6) is 0 Å². The Morgan fingerprint density at radius 3 is 2.86 bits per heavy atom. The van der Waals surface area contributed by atoms with Crippen LogP contribution in [0.3, 0.4) is 0 Å². The van der Waals surface area contributed by atoms with Crippen molar-refractivity contribution in [3.63, 3.8) is 0 Å². The number of benzene rings is 1. The molecule has 1 aliphatic heterocycles. The third-order valence-electron chi connectivity index (χ3n) is 3.94. The van der Waals surface area contributed by atoms with Crippen LogP contribution in [0.4, 0.5) is 0 Å². The molecule has 1 amide bonds. The Morgan fingerprint density at radius 2 is 2.18 bits per heavy atom. The Balaban J connectivity index is 1.63. The van der Waals surface area contributed by atoms with Crippen molar-refractivity contribution in [2.45, 2.75) is 32.1 Å². The highest BCUT2D eigenvalue weighted by atomic mass is 79.9. The van der Waals surface area contributed by atoms with Crippen LogP contribution < -0.4 is 0 Å². The summed E-state index contributed by atoms with van der Waals surface area (Å²) in [5, 5.41) is 3.84. The molecule has 0 N–H and O–H groups in total. The van der Waals surface area contributed by atoms with Gasteiger partial charge in [0, 0.05) is 17.6 Å². The molecule has 6 heteroatoms. The Labute approximate surface area is 137 Å². The minimum absolute atomic E-state index is 0.156. The number of piperidine rings is 1. The first-order chi connectivity index (χ1) is 10.6. The lowest BCUT2D eigenvalue weighted by atomic mass is 9.97. The Morgan fingerprint density at radius 1 is 1.41 bits per heavy atom. The van der Waals surface area contributed by atoms with Gasteiger partial charge < -0.3 is 9.42 Å². The third kappa shape index (κ3) is 3.55. The molecule has 1 atom stereocenters. The van der Waals surface area contributed by atoms with E-state index < -0.39 is 0 Å². The van der Waals surface area contributed by atoms with E-state index in [1.165, 1.54) is 0 Å². The van der Waals surface area contributed by atoms with E-state index in [1.807, 2.05) is 36.1 Å². The van der Waals surface area contributed by atoms with Crippen LogP contribution in [-0.2, 0) is 11.2 Å². The standard InChI is InChI=1S/C16H18BrN3O2/c1-11-18-16(22-19-11)13-3-2-8-20(10-13)15(21)9-12-4-6-14(17)7-5-12/h4-7,13H,2-3,8-10H2,1H3. The molecule has 1 unspecified atom stereocenters. The van der Waals surface area contributed by atoms with E-state index in [-0.39, 0.29) is 11.8 Å². The highest BCUT2D eigenvalue weighted by Crippen LogP contribution is 2.26. The van der Waals surface area contributed by atoms with Crippen molar-refractivity contribution in [2.24, 2.45) is 0 Å². The van der Waals surface area contributed by atoms with Crippen LogP contribution in [0.25, 0.3) is 0 Å². The maximum absolute atomic E-state index is 12.5. The topological polar surface area (TPSA) is 59.2 Å². The number of carbonyl (C=O) groups is 1. The van der Waals surface area contributed by atoms with Gasteiger partial charge in [0.25, 0.3) is 0 Å². The molecule has 3 rings (SSSR count). The minimum atomic E-state index is 0.156. The van der Waals surface area contributed by atoms with Crippen molar-refractivity contribution < 1.29 is 9.32 Å². The zero-order chi connectivity index (χ0) is 15.5. The van der Waals surface area contributed by atoms with Crippen LogP contribution >= 0.6 is 15.9 Å². The first-order valence-electron chi connectivity index (χ1n) is 7.44. The van der Waals surface area contributed by atoms with Crippen molar-refractivity contribution in [2.75, 3.05) is 13.1 Å². The highest BCUT2D eigenvalue weighted by molar-refractivity contribution is 9.10. The summed E-state index contributed by atoms with van der Waals surface area (Å²) < 4.78 is 6.28. The van der Waals surface area contributed by atoms with E-state index in [2.05, 4.69) is 26.1 Å². The zero-order valence-corrected chi connectivity index (χ0v) is 14.0. The van der Waals surface area contributed by atoms with Gasteiger partial charge in [-0.3, -0.25) is 4.79 Å². The van der Waals surface area contributed by atoms with Crippen LogP contribution in [0.2, 0.25) is 0 Å². The Kier molecular flexibility index (Phi) is 4.57. The van der Waals surface area contributed by atoms with Crippen LogP contribution in [0, 0.1) is 6.92 Å². The largest absolute Gasteiger partial charge is 0.342 e. The summed E-state index contributed by atoms with van der Waals surface area (Å²) in [7, 11) is 0. The predicted molar refractivity (Wildman–Crippen MR) is 85.4 cm³/mol. The minimum Gasteiger partial charge on any atom is -0.342 e. The fourth-order valence-electron chi connectivity index (χ4n) is 2.77. The average Bonchev–Trinajstić information content (AvgIpc) is 2.96. The molecule has 1 aromatic heterocycles. The molecule has 22 heavy (non-hydrogen) atoms. The van der Waals surface area contributed by atoms with Gasteiger partial charge in [-0.05, 0) is 37.5 Å². The molecule has 2 heterocycles. The summed E-state index contributed by atoms with van der Waals surface area (Å²) in [4.78, 5) is 18.7. The van der Waals surface area contributed by atoms with Gasteiger partial charge in [-0.15, -0.1) is 0 Å². The number of nitrogens with zero attached hydrogens (tertiary/aromatic N) is 3. The molecule has 5 nitrogen and oxygen atoms in total. The molecule has 1 saturated heterocycles. The lowest BCUT2D eigenvalue weighted by Crippen LogP contribution is -2.40. The number of rotatable bonds is 3. The molecule has 0 saturated carbocycles. The summed E-state index contributed by atoms with van der Waals surface area (Å²) in [5.74, 6) is 1.61. The summed E-state index contributed by atoms with van der Waals surface area (Å²) in [6.07, 6.45) is 2.39. The number of hydrogen-bond donors (Lipinski definition) is 0. The lowest BCUT2D eigenvalue weighted by molar-refractivity contribution is -0.131. The molecule has 0 radical (unpaired) electrons. The molecule has 0 spiro atoms. The second-order valence-corrected chi connectivity index (χ2v) is 6.58. The molecule has 2 aromatic rings. The highest BCUT2D eigenvalue weighted by Gasteiger charge is 2.28. The summed E-state index contributed by atoms with van der Waals surface area (Å²) in [6, 6.07) is 7.88. The van der Waals surface area contributed by atoms with Gasteiger partial charge in [-0.1, -0.05) is 33.2 Å². The number of likely N-dealkylation sites (tertiary alicyclic amines) is 1. The number of hydrogen-bond acceptors (Lipinski definition) is 4. The number of carbonyl (C=O) groups excluding carboxylic acids is 1. The molecule has 0 bridgehead atoms. The molecular weight excluding hydrogens is 346 g/mol. The van der Waals surface area contributed by atoms with Gasteiger partial charge in [-0.25, -0.2) is 0 Å².